The first kappa shape index (κ1) is 16.2. The van der Waals surface area contributed by atoms with E-state index in [0.29, 0.717) is 6.04 Å². The molecule has 0 aliphatic rings. The summed E-state index contributed by atoms with van der Waals surface area (Å²) in [7, 11) is 0. The van der Waals surface area contributed by atoms with Gasteiger partial charge in [-0.15, -0.1) is 0 Å². The number of aryl methyl sites for hydroxylation is 3. The Kier molecular flexibility index (Phi) is 7.80. The Morgan fingerprint density at radius 3 is 2.58 bits per heavy atom. The van der Waals surface area contributed by atoms with Crippen molar-refractivity contribution in [2.75, 3.05) is 6.54 Å². The molecule has 19 heavy (non-hydrogen) atoms. The molecule has 1 N–H and O–H groups in total. The lowest BCUT2D eigenvalue weighted by molar-refractivity contribution is 0.444. The maximum atomic E-state index is 4.62. The molecule has 0 spiro atoms. The Bertz CT molecular complexity index is 338. The molecule has 1 unspecified atom stereocenters. The Morgan fingerprint density at radius 1 is 1.21 bits per heavy atom. The van der Waals surface area contributed by atoms with Crippen LogP contribution < -0.4 is 5.32 Å². The van der Waals surface area contributed by atoms with Crippen LogP contribution in [0.5, 0.6) is 0 Å². The Balaban J connectivity index is 2.44. The highest BCUT2D eigenvalue weighted by Gasteiger charge is 2.08. The molecule has 1 heterocycles. The van der Waals surface area contributed by atoms with Gasteiger partial charge in [0.05, 0.1) is 5.69 Å². The fourth-order valence-corrected chi connectivity index (χ4v) is 2.68. The molecule has 0 saturated carbocycles. The van der Waals surface area contributed by atoms with Crippen molar-refractivity contribution >= 4 is 0 Å². The number of aromatic nitrogens is 2. The van der Waals surface area contributed by atoms with Gasteiger partial charge in [-0.2, -0.15) is 5.10 Å². The summed E-state index contributed by atoms with van der Waals surface area (Å²) in [5, 5.41) is 8.21. The summed E-state index contributed by atoms with van der Waals surface area (Å²) >= 11 is 0. The van der Waals surface area contributed by atoms with Gasteiger partial charge in [0.2, 0.25) is 0 Å². The van der Waals surface area contributed by atoms with Crippen molar-refractivity contribution in [3.8, 4) is 0 Å². The second-order valence-electron chi connectivity index (χ2n) is 5.23. The Labute approximate surface area is 118 Å². The van der Waals surface area contributed by atoms with Crippen molar-refractivity contribution in [2.24, 2.45) is 0 Å². The van der Waals surface area contributed by atoms with Crippen LogP contribution in [0, 0.1) is 0 Å². The van der Waals surface area contributed by atoms with E-state index in [1.54, 1.807) is 0 Å². The maximum Gasteiger partial charge on any atom is 0.0624 e. The summed E-state index contributed by atoms with van der Waals surface area (Å²) in [6.45, 7) is 10.9. The van der Waals surface area contributed by atoms with E-state index >= 15 is 0 Å². The zero-order valence-corrected chi connectivity index (χ0v) is 13.2. The molecule has 0 fully saturated rings. The van der Waals surface area contributed by atoms with Crippen LogP contribution in [0.4, 0.5) is 0 Å². The lowest BCUT2D eigenvalue weighted by atomic mass is 10.0. The molecule has 0 aliphatic carbocycles. The molecule has 1 atom stereocenters. The molecule has 0 bridgehead atoms. The fourth-order valence-electron chi connectivity index (χ4n) is 2.68. The lowest BCUT2D eigenvalue weighted by Crippen LogP contribution is -2.28. The zero-order valence-electron chi connectivity index (χ0n) is 13.2. The summed E-state index contributed by atoms with van der Waals surface area (Å²) in [4.78, 5) is 0. The first-order valence-electron chi connectivity index (χ1n) is 8.04. The normalized spacial score (nSPS) is 12.8. The van der Waals surface area contributed by atoms with Crippen LogP contribution in [-0.4, -0.2) is 22.4 Å². The molecule has 0 aromatic carbocycles. The minimum Gasteiger partial charge on any atom is -0.314 e. The molecular weight excluding hydrogens is 234 g/mol. The van der Waals surface area contributed by atoms with Gasteiger partial charge in [-0.05, 0) is 51.6 Å². The summed E-state index contributed by atoms with van der Waals surface area (Å²) in [5.74, 6) is 0. The first-order chi connectivity index (χ1) is 9.24. The van der Waals surface area contributed by atoms with Gasteiger partial charge in [-0.25, -0.2) is 0 Å². The van der Waals surface area contributed by atoms with Gasteiger partial charge in [0, 0.05) is 18.3 Å². The molecule has 0 radical (unpaired) electrons. The molecule has 1 aromatic heterocycles. The van der Waals surface area contributed by atoms with Crippen molar-refractivity contribution in [3.05, 3.63) is 17.5 Å². The maximum absolute atomic E-state index is 4.62. The Hall–Kier alpha value is -0.830. The number of hydrogen-bond acceptors (Lipinski definition) is 2. The predicted molar refractivity (Wildman–Crippen MR) is 82.6 cm³/mol. The zero-order chi connectivity index (χ0) is 14.1. The van der Waals surface area contributed by atoms with Crippen molar-refractivity contribution in [2.45, 2.75) is 78.8 Å². The van der Waals surface area contributed by atoms with Gasteiger partial charge in [0.15, 0.2) is 0 Å². The topological polar surface area (TPSA) is 29.9 Å². The van der Waals surface area contributed by atoms with Gasteiger partial charge in [0.1, 0.15) is 0 Å². The number of nitrogens with zero attached hydrogens (tertiary/aromatic N) is 2. The summed E-state index contributed by atoms with van der Waals surface area (Å²) in [6, 6.07) is 2.98. The smallest absolute Gasteiger partial charge is 0.0624 e. The molecule has 1 aromatic rings. The monoisotopic (exact) mass is 265 g/mol. The fraction of sp³-hybridized carbons (Fsp3) is 0.812. The van der Waals surface area contributed by atoms with Crippen molar-refractivity contribution in [3.63, 3.8) is 0 Å². The van der Waals surface area contributed by atoms with E-state index in [1.807, 2.05) is 0 Å². The second-order valence-corrected chi connectivity index (χ2v) is 5.23. The standard InChI is InChI=1S/C16H31N3/c1-5-10-15(17-7-3)11-9-12-16-13-14(6-2)18-19(16)8-4/h13,15,17H,5-12H2,1-4H3. The van der Waals surface area contributed by atoms with Gasteiger partial charge in [0.25, 0.3) is 0 Å². The molecule has 0 aliphatic heterocycles. The van der Waals surface area contributed by atoms with Crippen LogP contribution in [0.3, 0.4) is 0 Å². The lowest BCUT2D eigenvalue weighted by Gasteiger charge is -2.16. The van der Waals surface area contributed by atoms with E-state index in [2.05, 4.69) is 48.9 Å². The van der Waals surface area contributed by atoms with Crippen molar-refractivity contribution in [1.29, 1.82) is 0 Å². The van der Waals surface area contributed by atoms with E-state index < -0.39 is 0 Å². The SMILES string of the molecule is CCCC(CCCc1cc(CC)nn1CC)NCC. The van der Waals surface area contributed by atoms with E-state index in [-0.39, 0.29) is 0 Å². The predicted octanol–water partition coefficient (Wildman–Crippen LogP) is 3.57. The van der Waals surface area contributed by atoms with Crippen LogP contribution in [-0.2, 0) is 19.4 Å². The van der Waals surface area contributed by atoms with E-state index in [0.717, 1.165) is 25.9 Å². The average Bonchev–Trinajstić information content (AvgIpc) is 2.82. The number of rotatable bonds is 10. The van der Waals surface area contributed by atoms with Crippen LogP contribution in [0.1, 0.15) is 64.8 Å². The van der Waals surface area contributed by atoms with Crippen molar-refractivity contribution < 1.29 is 0 Å². The quantitative estimate of drug-likeness (QED) is 0.701. The minimum absolute atomic E-state index is 0.693. The molecular formula is C16H31N3. The summed E-state index contributed by atoms with van der Waals surface area (Å²) < 4.78 is 2.17. The van der Waals surface area contributed by atoms with Gasteiger partial charge in [-0.1, -0.05) is 27.2 Å². The molecule has 3 nitrogen and oxygen atoms in total. The molecule has 3 heteroatoms. The van der Waals surface area contributed by atoms with Crippen LogP contribution >= 0.6 is 0 Å². The largest absolute Gasteiger partial charge is 0.314 e. The second kappa shape index (κ2) is 9.13. The summed E-state index contributed by atoms with van der Waals surface area (Å²) in [6.07, 6.45) is 7.29. The van der Waals surface area contributed by atoms with Crippen LogP contribution in [0.2, 0.25) is 0 Å². The summed E-state index contributed by atoms with van der Waals surface area (Å²) in [5.41, 5.74) is 2.64. The number of hydrogen-bond donors (Lipinski definition) is 1. The van der Waals surface area contributed by atoms with E-state index in [9.17, 15) is 0 Å². The highest BCUT2D eigenvalue weighted by molar-refractivity contribution is 5.10. The highest BCUT2D eigenvalue weighted by Crippen LogP contribution is 2.12. The third-order valence-corrected chi connectivity index (χ3v) is 3.69. The first-order valence-corrected chi connectivity index (χ1v) is 8.04. The van der Waals surface area contributed by atoms with E-state index in [4.69, 9.17) is 0 Å². The highest BCUT2D eigenvalue weighted by atomic mass is 15.3. The van der Waals surface area contributed by atoms with Crippen LogP contribution in [0.25, 0.3) is 0 Å². The van der Waals surface area contributed by atoms with Gasteiger partial charge >= 0.3 is 0 Å². The van der Waals surface area contributed by atoms with Gasteiger partial charge in [-0.3, -0.25) is 4.68 Å². The Morgan fingerprint density at radius 2 is 2.00 bits per heavy atom. The third-order valence-electron chi connectivity index (χ3n) is 3.69. The molecule has 0 amide bonds. The van der Waals surface area contributed by atoms with Gasteiger partial charge < -0.3 is 5.32 Å². The minimum atomic E-state index is 0.693. The van der Waals surface area contributed by atoms with Crippen LogP contribution in [0.15, 0.2) is 6.07 Å². The number of nitrogens with one attached hydrogen (secondary N) is 1. The molecule has 0 saturated heterocycles. The molecule has 1 rings (SSSR count). The molecule has 110 valence electrons. The van der Waals surface area contributed by atoms with E-state index in [1.165, 1.54) is 37.1 Å². The third kappa shape index (κ3) is 5.35. The average molecular weight is 265 g/mol. The van der Waals surface area contributed by atoms with Crippen molar-refractivity contribution in [1.82, 2.24) is 15.1 Å².